The Morgan fingerprint density at radius 1 is 1.38 bits per heavy atom. The van der Waals surface area contributed by atoms with E-state index in [9.17, 15) is 10.1 Å². The zero-order chi connectivity index (χ0) is 15.4. The highest BCUT2D eigenvalue weighted by Crippen LogP contribution is 2.29. The maximum absolute atomic E-state index is 11.2. The van der Waals surface area contributed by atoms with Gasteiger partial charge in [0.15, 0.2) is 0 Å². The number of nitrogen functional groups attached to an aromatic ring is 1. The molecule has 21 heavy (non-hydrogen) atoms. The first-order valence-corrected chi connectivity index (χ1v) is 6.40. The number of benzene rings is 1. The van der Waals surface area contributed by atoms with Crippen LogP contribution in [-0.4, -0.2) is 14.9 Å². The Morgan fingerprint density at radius 2 is 2.14 bits per heavy atom. The first kappa shape index (κ1) is 14.7. The van der Waals surface area contributed by atoms with Crippen LogP contribution in [0.25, 0.3) is 0 Å². The van der Waals surface area contributed by atoms with Crippen molar-refractivity contribution in [2.45, 2.75) is 20.3 Å². The van der Waals surface area contributed by atoms with E-state index in [2.05, 4.69) is 20.7 Å². The summed E-state index contributed by atoms with van der Waals surface area (Å²) in [5, 5.41) is 14.1. The number of rotatable bonds is 5. The minimum atomic E-state index is -0.512. The fourth-order valence-electron chi connectivity index (χ4n) is 1.94. The topological polar surface area (TPSA) is 119 Å². The van der Waals surface area contributed by atoms with Crippen LogP contribution in [0.5, 0.6) is 0 Å². The molecule has 0 fully saturated rings. The molecule has 0 aliphatic carbocycles. The number of aryl methyl sites for hydroxylation is 2. The lowest BCUT2D eigenvalue weighted by atomic mass is 10.1. The Hall–Kier alpha value is -2.74. The molecule has 0 spiro atoms. The first-order chi connectivity index (χ1) is 10.0. The van der Waals surface area contributed by atoms with E-state index >= 15 is 0 Å². The quantitative estimate of drug-likeness (QED) is 0.438. The number of nitrogens with one attached hydrogen (secondary N) is 2. The van der Waals surface area contributed by atoms with Crippen molar-refractivity contribution in [1.29, 1.82) is 0 Å². The van der Waals surface area contributed by atoms with E-state index in [1.165, 1.54) is 6.92 Å². The van der Waals surface area contributed by atoms with E-state index in [0.717, 1.165) is 17.7 Å². The molecule has 0 aliphatic heterocycles. The lowest BCUT2D eigenvalue weighted by Crippen LogP contribution is -2.13. The molecule has 8 nitrogen and oxygen atoms in total. The molecule has 2 aromatic rings. The maximum atomic E-state index is 11.2. The predicted molar refractivity (Wildman–Crippen MR) is 80.3 cm³/mol. The molecule has 0 saturated carbocycles. The van der Waals surface area contributed by atoms with E-state index in [-0.39, 0.29) is 23.1 Å². The summed E-state index contributed by atoms with van der Waals surface area (Å²) in [6, 6.07) is 7.59. The summed E-state index contributed by atoms with van der Waals surface area (Å²) in [4.78, 5) is 18.6. The van der Waals surface area contributed by atoms with Crippen LogP contribution in [0.4, 0.5) is 23.1 Å². The van der Waals surface area contributed by atoms with Crippen molar-refractivity contribution in [3.63, 3.8) is 0 Å². The minimum Gasteiger partial charge on any atom is -0.334 e. The van der Waals surface area contributed by atoms with Gasteiger partial charge in [-0.3, -0.25) is 15.5 Å². The van der Waals surface area contributed by atoms with E-state index < -0.39 is 4.92 Å². The van der Waals surface area contributed by atoms with E-state index in [4.69, 9.17) is 5.84 Å². The highest BCUT2D eigenvalue weighted by molar-refractivity contribution is 5.68. The van der Waals surface area contributed by atoms with Gasteiger partial charge in [0, 0.05) is 5.69 Å². The van der Waals surface area contributed by atoms with Crippen LogP contribution in [0, 0.1) is 17.0 Å². The molecular weight excluding hydrogens is 272 g/mol. The number of nitro groups is 1. The Balaban J connectivity index is 2.46. The molecule has 0 unspecified atom stereocenters. The second-order valence-corrected chi connectivity index (χ2v) is 4.41. The standard InChI is InChI=1S/C13H16N6O2/c1-3-9-5-4-6-10(7-9)16-12-11(19(20)21)8(2)15-13(17-12)18-14/h4-7H,3,14H2,1-2H3,(H2,15,16,17,18). The molecule has 0 aliphatic rings. The van der Waals surface area contributed by atoms with Gasteiger partial charge in [-0.05, 0) is 31.0 Å². The number of hydrogen-bond acceptors (Lipinski definition) is 7. The van der Waals surface area contributed by atoms with Crippen molar-refractivity contribution in [3.8, 4) is 0 Å². The van der Waals surface area contributed by atoms with Crippen LogP contribution >= 0.6 is 0 Å². The van der Waals surface area contributed by atoms with E-state index in [1.54, 1.807) is 0 Å². The van der Waals surface area contributed by atoms with Crippen LogP contribution in [0.1, 0.15) is 18.2 Å². The SMILES string of the molecule is CCc1cccc(Nc2nc(NN)nc(C)c2[N+](=O)[O-])c1. The van der Waals surface area contributed by atoms with Gasteiger partial charge in [0.2, 0.25) is 11.8 Å². The van der Waals surface area contributed by atoms with Crippen molar-refractivity contribution in [1.82, 2.24) is 9.97 Å². The summed E-state index contributed by atoms with van der Waals surface area (Å²) in [5.41, 5.74) is 4.20. The summed E-state index contributed by atoms with van der Waals surface area (Å²) in [5.74, 6) is 5.50. The number of aromatic nitrogens is 2. The monoisotopic (exact) mass is 288 g/mol. The van der Waals surface area contributed by atoms with Gasteiger partial charge in [0.05, 0.1) is 4.92 Å². The zero-order valence-corrected chi connectivity index (χ0v) is 11.8. The molecule has 0 radical (unpaired) electrons. The minimum absolute atomic E-state index is 0.105. The van der Waals surface area contributed by atoms with Crippen LogP contribution in [0.2, 0.25) is 0 Å². The summed E-state index contributed by atoms with van der Waals surface area (Å²) < 4.78 is 0. The molecule has 2 rings (SSSR count). The molecule has 4 N–H and O–H groups in total. The summed E-state index contributed by atoms with van der Waals surface area (Å²) >= 11 is 0. The maximum Gasteiger partial charge on any atom is 0.332 e. The first-order valence-electron chi connectivity index (χ1n) is 6.40. The van der Waals surface area contributed by atoms with Gasteiger partial charge in [-0.1, -0.05) is 19.1 Å². The van der Waals surface area contributed by atoms with Gasteiger partial charge in [0.25, 0.3) is 0 Å². The average molecular weight is 288 g/mol. The van der Waals surface area contributed by atoms with Crippen molar-refractivity contribution >= 4 is 23.1 Å². The smallest absolute Gasteiger partial charge is 0.332 e. The second-order valence-electron chi connectivity index (χ2n) is 4.41. The normalized spacial score (nSPS) is 10.2. The number of hydrogen-bond donors (Lipinski definition) is 3. The fourth-order valence-corrected chi connectivity index (χ4v) is 1.94. The molecule has 0 atom stereocenters. The highest BCUT2D eigenvalue weighted by Gasteiger charge is 2.22. The summed E-state index contributed by atoms with van der Waals surface area (Å²) in [6.45, 7) is 3.57. The average Bonchev–Trinajstić information content (AvgIpc) is 2.46. The Bertz CT molecular complexity index is 674. The van der Waals surface area contributed by atoms with Gasteiger partial charge in [-0.25, -0.2) is 10.8 Å². The largest absolute Gasteiger partial charge is 0.334 e. The highest BCUT2D eigenvalue weighted by atomic mass is 16.6. The van der Waals surface area contributed by atoms with Gasteiger partial charge in [-0.2, -0.15) is 4.98 Å². The molecular formula is C13H16N6O2. The Morgan fingerprint density at radius 3 is 2.76 bits per heavy atom. The number of hydrazine groups is 1. The van der Waals surface area contributed by atoms with Crippen LogP contribution in [0.15, 0.2) is 24.3 Å². The van der Waals surface area contributed by atoms with Crippen LogP contribution in [-0.2, 0) is 6.42 Å². The predicted octanol–water partition coefficient (Wildman–Crippen LogP) is 2.28. The number of nitrogens with zero attached hydrogens (tertiary/aromatic N) is 3. The number of nitrogens with two attached hydrogens (primary N) is 1. The summed E-state index contributed by atoms with van der Waals surface area (Å²) in [6.07, 6.45) is 0.871. The van der Waals surface area contributed by atoms with Gasteiger partial charge in [0.1, 0.15) is 5.69 Å². The Labute approximate surface area is 121 Å². The van der Waals surface area contributed by atoms with Crippen molar-refractivity contribution in [3.05, 3.63) is 45.6 Å². The lowest BCUT2D eigenvalue weighted by Gasteiger charge is -2.10. The molecule has 8 heteroatoms. The van der Waals surface area contributed by atoms with Gasteiger partial charge in [-0.15, -0.1) is 0 Å². The molecule has 1 heterocycles. The molecule has 0 saturated heterocycles. The second kappa shape index (κ2) is 6.14. The van der Waals surface area contributed by atoms with E-state index in [0.29, 0.717) is 0 Å². The van der Waals surface area contributed by atoms with Crippen molar-refractivity contribution in [2.24, 2.45) is 5.84 Å². The molecule has 0 bridgehead atoms. The third kappa shape index (κ3) is 3.23. The van der Waals surface area contributed by atoms with Crippen LogP contribution in [0.3, 0.4) is 0 Å². The van der Waals surface area contributed by atoms with Crippen LogP contribution < -0.4 is 16.6 Å². The summed E-state index contributed by atoms with van der Waals surface area (Å²) in [7, 11) is 0. The fraction of sp³-hybridized carbons (Fsp3) is 0.231. The third-order valence-corrected chi connectivity index (χ3v) is 2.97. The zero-order valence-electron chi connectivity index (χ0n) is 11.8. The van der Waals surface area contributed by atoms with Crippen molar-refractivity contribution in [2.75, 3.05) is 10.7 Å². The molecule has 110 valence electrons. The number of anilines is 3. The van der Waals surface area contributed by atoms with Gasteiger partial charge >= 0.3 is 5.69 Å². The molecule has 0 amide bonds. The van der Waals surface area contributed by atoms with E-state index in [1.807, 2.05) is 31.2 Å². The van der Waals surface area contributed by atoms with Crippen molar-refractivity contribution < 1.29 is 4.92 Å². The Kier molecular flexibility index (Phi) is 4.29. The molecule has 1 aromatic carbocycles. The van der Waals surface area contributed by atoms with Gasteiger partial charge < -0.3 is 5.32 Å². The molecule has 1 aromatic heterocycles. The third-order valence-electron chi connectivity index (χ3n) is 2.97. The lowest BCUT2D eigenvalue weighted by molar-refractivity contribution is -0.385.